The zero-order valence-corrected chi connectivity index (χ0v) is 18.1. The summed E-state index contributed by atoms with van der Waals surface area (Å²) in [6, 6.07) is 10.8. The number of rotatable bonds is 8. The van der Waals surface area contributed by atoms with Crippen molar-refractivity contribution in [2.45, 2.75) is 39.7 Å². The molecule has 0 aliphatic heterocycles. The van der Waals surface area contributed by atoms with Crippen LogP contribution in [0.3, 0.4) is 0 Å². The third-order valence-corrected chi connectivity index (χ3v) is 5.10. The Balaban J connectivity index is 1.83. The molecule has 152 valence electrons. The van der Waals surface area contributed by atoms with Crippen molar-refractivity contribution >= 4 is 12.2 Å². The van der Waals surface area contributed by atoms with Crippen molar-refractivity contribution in [3.8, 4) is 0 Å². The molecule has 1 unspecified atom stereocenters. The molecule has 0 radical (unpaired) electrons. The smallest absolute Gasteiger partial charge is 0.0561 e. The summed E-state index contributed by atoms with van der Waals surface area (Å²) in [5.74, 6) is 0. The zero-order valence-electron chi connectivity index (χ0n) is 18.1. The van der Waals surface area contributed by atoms with Gasteiger partial charge in [0.05, 0.1) is 12.6 Å². The van der Waals surface area contributed by atoms with Crippen LogP contribution >= 0.6 is 0 Å². The molecule has 1 aliphatic rings. The Kier molecular flexibility index (Phi) is 6.82. The summed E-state index contributed by atoms with van der Waals surface area (Å²) in [6.07, 6.45) is 13.0. The molecule has 2 N–H and O–H groups in total. The zero-order chi connectivity index (χ0) is 20.8. The molecule has 29 heavy (non-hydrogen) atoms. The number of nitrogens with zero attached hydrogens (tertiary/aromatic N) is 1. The topological polar surface area (TPSA) is 31.1 Å². The van der Waals surface area contributed by atoms with Crippen molar-refractivity contribution in [3.05, 3.63) is 93.9 Å². The molecular weight excluding hydrogens is 354 g/mol. The number of hydrogen-bond donors (Lipinski definition) is 2. The fraction of sp³-hybridized carbons (Fsp3) is 0.308. The third-order valence-electron chi connectivity index (χ3n) is 5.10. The highest BCUT2D eigenvalue weighted by atomic mass is 15.1. The van der Waals surface area contributed by atoms with Gasteiger partial charge >= 0.3 is 0 Å². The minimum absolute atomic E-state index is 0.175. The number of H-pyrrole nitrogens is 1. The Morgan fingerprint density at radius 2 is 2.00 bits per heavy atom. The third kappa shape index (κ3) is 5.77. The Bertz CT molecular complexity index is 1020. The Labute approximate surface area is 174 Å². The first kappa shape index (κ1) is 20.8. The van der Waals surface area contributed by atoms with Crippen LogP contribution in [0.5, 0.6) is 0 Å². The van der Waals surface area contributed by atoms with Gasteiger partial charge in [0.15, 0.2) is 0 Å². The Morgan fingerprint density at radius 1 is 1.24 bits per heavy atom. The number of aromatic amines is 1. The summed E-state index contributed by atoms with van der Waals surface area (Å²) >= 11 is 0. The van der Waals surface area contributed by atoms with E-state index in [0.29, 0.717) is 0 Å². The second-order valence-corrected chi connectivity index (χ2v) is 8.21. The van der Waals surface area contributed by atoms with Crippen LogP contribution in [0.25, 0.3) is 12.2 Å². The van der Waals surface area contributed by atoms with Crippen molar-refractivity contribution in [1.29, 1.82) is 0 Å². The van der Waals surface area contributed by atoms with Crippen molar-refractivity contribution in [2.24, 2.45) is 0 Å². The van der Waals surface area contributed by atoms with E-state index < -0.39 is 0 Å². The molecule has 0 spiro atoms. The highest BCUT2D eigenvalue weighted by Gasteiger charge is 2.15. The van der Waals surface area contributed by atoms with Crippen LogP contribution in [0.2, 0.25) is 0 Å². The van der Waals surface area contributed by atoms with E-state index in [2.05, 4.69) is 111 Å². The number of aromatic nitrogens is 1. The highest BCUT2D eigenvalue weighted by molar-refractivity contribution is 5.50. The molecular formula is C26H33N3. The van der Waals surface area contributed by atoms with Crippen molar-refractivity contribution in [1.82, 2.24) is 15.2 Å². The fourth-order valence-electron chi connectivity index (χ4n) is 3.91. The maximum Gasteiger partial charge on any atom is 0.0561 e. The van der Waals surface area contributed by atoms with Gasteiger partial charge in [-0.05, 0) is 62.2 Å². The molecule has 0 saturated heterocycles. The van der Waals surface area contributed by atoms with Crippen LogP contribution in [-0.2, 0) is 6.42 Å². The molecule has 1 aromatic heterocycles. The van der Waals surface area contributed by atoms with E-state index in [1.165, 1.54) is 32.8 Å². The second-order valence-electron chi connectivity index (χ2n) is 8.21. The molecule has 0 bridgehead atoms. The molecule has 0 amide bonds. The summed E-state index contributed by atoms with van der Waals surface area (Å²) in [4.78, 5) is 5.64. The summed E-state index contributed by atoms with van der Waals surface area (Å²) in [5.41, 5.74) is 6.23. The lowest BCUT2D eigenvalue weighted by atomic mass is 9.99. The van der Waals surface area contributed by atoms with Gasteiger partial charge in [-0.3, -0.25) is 0 Å². The van der Waals surface area contributed by atoms with E-state index in [0.717, 1.165) is 25.1 Å². The fourth-order valence-corrected chi connectivity index (χ4v) is 3.91. The minimum atomic E-state index is 0.175. The summed E-state index contributed by atoms with van der Waals surface area (Å²) < 4.78 is 0. The largest absolute Gasteiger partial charge is 0.380 e. The number of hydrogen-bond acceptors (Lipinski definition) is 2. The normalized spacial score (nSPS) is 13.7. The van der Waals surface area contributed by atoms with Crippen molar-refractivity contribution in [2.75, 3.05) is 13.6 Å². The average Bonchev–Trinajstić information content (AvgIpc) is 2.91. The summed E-state index contributed by atoms with van der Waals surface area (Å²) in [6.45, 7) is 11.5. The standard InChI is InChI=1S/C26H33N3/c1-19(2)17-29(5)18-21(4)28-25(22-11-7-6-8-12-22)15-23-16-27-26-14-20(3)10-9-13-24(23)26/h6-8,10-14,16-17,25,27-28H,4,9,15,18H2,1-3,5H3. The van der Waals surface area contributed by atoms with E-state index in [9.17, 15) is 0 Å². The minimum Gasteiger partial charge on any atom is -0.380 e. The van der Waals surface area contributed by atoms with Gasteiger partial charge in [-0.25, -0.2) is 0 Å². The molecule has 0 fully saturated rings. The first-order chi connectivity index (χ1) is 13.9. The van der Waals surface area contributed by atoms with Crippen LogP contribution in [0.1, 0.15) is 44.4 Å². The van der Waals surface area contributed by atoms with Crippen LogP contribution in [0.15, 0.2) is 72.2 Å². The maximum absolute atomic E-state index is 4.30. The number of nitrogens with one attached hydrogen (secondary N) is 2. The molecule has 1 aliphatic carbocycles. The van der Waals surface area contributed by atoms with Gasteiger partial charge in [-0.15, -0.1) is 0 Å². The van der Waals surface area contributed by atoms with Gasteiger partial charge in [0, 0.05) is 24.3 Å². The van der Waals surface area contributed by atoms with E-state index in [4.69, 9.17) is 0 Å². The monoisotopic (exact) mass is 387 g/mol. The SMILES string of the molecule is C=C(CN(C)C=C(C)C)NC(Cc1c[nH]c2c1=CCC=C(C)C=2)c1ccccc1. The van der Waals surface area contributed by atoms with Crippen molar-refractivity contribution in [3.63, 3.8) is 0 Å². The van der Waals surface area contributed by atoms with Gasteiger partial charge < -0.3 is 15.2 Å². The maximum atomic E-state index is 4.30. The first-order valence-corrected chi connectivity index (χ1v) is 10.3. The van der Waals surface area contributed by atoms with Crippen LogP contribution < -0.4 is 15.9 Å². The van der Waals surface area contributed by atoms with Gasteiger partial charge in [0.2, 0.25) is 0 Å². The lowest BCUT2D eigenvalue weighted by Crippen LogP contribution is -2.31. The van der Waals surface area contributed by atoms with Gasteiger partial charge in [0.25, 0.3) is 0 Å². The van der Waals surface area contributed by atoms with E-state index in [-0.39, 0.29) is 6.04 Å². The molecule has 1 aromatic carbocycles. The van der Waals surface area contributed by atoms with E-state index in [1.807, 2.05) is 0 Å². The number of benzene rings is 1. The predicted octanol–water partition coefficient (Wildman–Crippen LogP) is 4.17. The summed E-state index contributed by atoms with van der Waals surface area (Å²) in [5, 5.41) is 6.23. The Hall–Kier alpha value is -2.94. The van der Waals surface area contributed by atoms with Crippen LogP contribution in [0.4, 0.5) is 0 Å². The Morgan fingerprint density at radius 3 is 2.72 bits per heavy atom. The number of fused-ring (bicyclic) bond motifs is 1. The quantitative estimate of drug-likeness (QED) is 0.712. The van der Waals surface area contributed by atoms with E-state index in [1.54, 1.807) is 0 Å². The van der Waals surface area contributed by atoms with Crippen LogP contribution in [0, 0.1) is 0 Å². The lowest BCUT2D eigenvalue weighted by molar-refractivity contribution is 0.459. The average molecular weight is 388 g/mol. The first-order valence-electron chi connectivity index (χ1n) is 10.3. The van der Waals surface area contributed by atoms with Gasteiger partial charge in [-0.1, -0.05) is 60.2 Å². The van der Waals surface area contributed by atoms with Crippen molar-refractivity contribution < 1.29 is 0 Å². The van der Waals surface area contributed by atoms with E-state index >= 15 is 0 Å². The number of allylic oxidation sites excluding steroid dienone is 3. The molecule has 0 saturated carbocycles. The second kappa shape index (κ2) is 9.51. The molecule has 3 rings (SSSR count). The van der Waals surface area contributed by atoms with Gasteiger partial charge in [-0.2, -0.15) is 0 Å². The van der Waals surface area contributed by atoms with Gasteiger partial charge in [0.1, 0.15) is 0 Å². The molecule has 1 heterocycles. The summed E-state index contributed by atoms with van der Waals surface area (Å²) in [7, 11) is 2.09. The molecule has 3 nitrogen and oxygen atoms in total. The lowest BCUT2D eigenvalue weighted by Gasteiger charge is -2.24. The molecule has 3 heteroatoms. The molecule has 1 atom stereocenters. The highest BCUT2D eigenvalue weighted by Crippen LogP contribution is 2.18. The van der Waals surface area contributed by atoms with Crippen LogP contribution in [-0.4, -0.2) is 23.5 Å². The number of likely N-dealkylation sites (N-methyl/N-ethyl adjacent to an activating group) is 1. The predicted molar refractivity (Wildman–Crippen MR) is 125 cm³/mol. The molecule has 2 aromatic rings.